The van der Waals surface area contributed by atoms with E-state index in [-0.39, 0.29) is 18.1 Å². The van der Waals surface area contributed by atoms with Crippen LogP contribution in [0, 0.1) is 0 Å². The summed E-state index contributed by atoms with van der Waals surface area (Å²) in [7, 11) is 3.21. The number of amides is 2. The fraction of sp³-hybridized carbons (Fsp3) is 0.360. The van der Waals surface area contributed by atoms with Gasteiger partial charge in [0, 0.05) is 35.2 Å². The zero-order valence-electron chi connectivity index (χ0n) is 19.1. The lowest BCUT2D eigenvalue weighted by atomic mass is 10.1. The number of carbonyl (C=O) groups is 1. The Morgan fingerprint density at radius 1 is 1.03 bits per heavy atom. The standard InChI is InChI=1S/C25H30N4O4/c1-32-21-7-5-20(6-8-21)26-25(31)29(14-13-28-11-3-4-12-28)17-19-15-18-16-22(33-2)9-10-23(18)27-24(19)30/h5-10,15-16H,3-4,11-14,17H2,1-2H3,(H,26,31)(H,27,30). The average Bonchev–Trinajstić information content (AvgIpc) is 3.35. The van der Waals surface area contributed by atoms with Gasteiger partial charge in [-0.1, -0.05) is 0 Å². The van der Waals surface area contributed by atoms with Crippen LogP contribution in [0.15, 0.2) is 53.3 Å². The fourth-order valence-electron chi connectivity index (χ4n) is 4.08. The van der Waals surface area contributed by atoms with Crippen LogP contribution in [0.3, 0.4) is 0 Å². The Kier molecular flexibility index (Phi) is 7.14. The molecule has 2 heterocycles. The predicted molar refractivity (Wildman–Crippen MR) is 129 cm³/mol. The van der Waals surface area contributed by atoms with Crippen molar-refractivity contribution in [2.24, 2.45) is 0 Å². The molecular formula is C25H30N4O4. The molecule has 0 aliphatic carbocycles. The Balaban J connectivity index is 1.55. The number of nitrogens with one attached hydrogen (secondary N) is 2. The van der Waals surface area contributed by atoms with Crippen LogP contribution in [-0.2, 0) is 6.54 Å². The molecule has 0 unspecified atom stereocenters. The van der Waals surface area contributed by atoms with Gasteiger partial charge in [-0.25, -0.2) is 4.79 Å². The van der Waals surface area contributed by atoms with Gasteiger partial charge >= 0.3 is 6.03 Å². The quantitative estimate of drug-likeness (QED) is 0.547. The molecule has 8 heteroatoms. The Labute approximate surface area is 193 Å². The number of carbonyl (C=O) groups excluding carboxylic acids is 1. The number of ether oxygens (including phenoxy) is 2. The number of anilines is 1. The van der Waals surface area contributed by atoms with Crippen molar-refractivity contribution in [3.05, 3.63) is 64.4 Å². The van der Waals surface area contributed by atoms with Crippen LogP contribution in [0.25, 0.3) is 10.9 Å². The molecule has 0 bridgehead atoms. The van der Waals surface area contributed by atoms with Gasteiger partial charge in [-0.3, -0.25) is 4.79 Å². The predicted octanol–water partition coefficient (Wildman–Crippen LogP) is 3.68. The molecule has 33 heavy (non-hydrogen) atoms. The molecule has 0 saturated carbocycles. The average molecular weight is 451 g/mol. The third-order valence-electron chi connectivity index (χ3n) is 6.00. The van der Waals surface area contributed by atoms with E-state index in [1.807, 2.05) is 24.3 Å². The number of hydrogen-bond donors (Lipinski definition) is 2. The van der Waals surface area contributed by atoms with E-state index in [0.717, 1.165) is 36.3 Å². The number of benzene rings is 2. The van der Waals surface area contributed by atoms with Crippen molar-refractivity contribution in [2.75, 3.05) is 45.7 Å². The number of aromatic nitrogens is 1. The zero-order valence-corrected chi connectivity index (χ0v) is 19.1. The van der Waals surface area contributed by atoms with E-state index in [1.165, 1.54) is 12.8 Å². The van der Waals surface area contributed by atoms with Crippen molar-refractivity contribution >= 4 is 22.6 Å². The smallest absolute Gasteiger partial charge is 0.322 e. The summed E-state index contributed by atoms with van der Waals surface area (Å²) in [5.41, 5.74) is 1.73. The molecule has 4 rings (SSSR count). The molecule has 0 spiro atoms. The van der Waals surface area contributed by atoms with Crippen LogP contribution in [0.5, 0.6) is 11.5 Å². The van der Waals surface area contributed by atoms with Crippen LogP contribution in [0.4, 0.5) is 10.5 Å². The highest BCUT2D eigenvalue weighted by molar-refractivity contribution is 5.89. The number of nitrogens with zero attached hydrogens (tertiary/aromatic N) is 2. The molecule has 8 nitrogen and oxygen atoms in total. The molecule has 1 aliphatic heterocycles. The SMILES string of the molecule is COc1ccc(NC(=O)N(CCN2CCCC2)Cc2cc3cc(OC)ccc3[nH]c2=O)cc1. The number of methoxy groups -OCH3 is 2. The molecule has 1 aliphatic rings. The van der Waals surface area contributed by atoms with Gasteiger partial charge in [-0.15, -0.1) is 0 Å². The van der Waals surface area contributed by atoms with Crippen molar-refractivity contribution in [3.63, 3.8) is 0 Å². The Bertz CT molecular complexity index is 1150. The summed E-state index contributed by atoms with van der Waals surface area (Å²) in [4.78, 5) is 32.9. The highest BCUT2D eigenvalue weighted by Gasteiger charge is 2.19. The molecule has 2 aromatic carbocycles. The Morgan fingerprint density at radius 3 is 2.42 bits per heavy atom. The Hall–Kier alpha value is -3.52. The highest BCUT2D eigenvalue weighted by Crippen LogP contribution is 2.20. The minimum atomic E-state index is -0.246. The first-order chi connectivity index (χ1) is 16.1. The maximum absolute atomic E-state index is 13.2. The molecule has 2 amide bonds. The van der Waals surface area contributed by atoms with Crippen LogP contribution in [-0.4, -0.2) is 61.2 Å². The lowest BCUT2D eigenvalue weighted by molar-refractivity contribution is 0.197. The third-order valence-corrected chi connectivity index (χ3v) is 6.00. The largest absolute Gasteiger partial charge is 0.497 e. The van der Waals surface area contributed by atoms with E-state index < -0.39 is 0 Å². The molecule has 1 aromatic heterocycles. The van der Waals surface area contributed by atoms with Gasteiger partial charge in [0.25, 0.3) is 5.56 Å². The molecule has 2 N–H and O–H groups in total. The lowest BCUT2D eigenvalue weighted by Gasteiger charge is -2.26. The molecule has 174 valence electrons. The van der Waals surface area contributed by atoms with Crippen LogP contribution in [0.1, 0.15) is 18.4 Å². The molecular weight excluding hydrogens is 420 g/mol. The number of likely N-dealkylation sites (tertiary alicyclic amines) is 1. The molecule has 3 aromatic rings. The van der Waals surface area contributed by atoms with Gasteiger partial charge in [0.1, 0.15) is 11.5 Å². The number of pyridine rings is 1. The maximum Gasteiger partial charge on any atom is 0.322 e. The summed E-state index contributed by atoms with van der Waals surface area (Å²) in [6.07, 6.45) is 2.37. The van der Waals surface area contributed by atoms with Crippen molar-refractivity contribution in [3.8, 4) is 11.5 Å². The van der Waals surface area contributed by atoms with E-state index in [4.69, 9.17) is 9.47 Å². The van der Waals surface area contributed by atoms with Gasteiger partial charge in [0.2, 0.25) is 0 Å². The maximum atomic E-state index is 13.2. The van der Waals surface area contributed by atoms with Crippen molar-refractivity contribution < 1.29 is 14.3 Å². The summed E-state index contributed by atoms with van der Waals surface area (Å²) in [6.45, 7) is 3.60. The number of rotatable bonds is 8. The number of urea groups is 1. The van der Waals surface area contributed by atoms with Gasteiger partial charge < -0.3 is 29.6 Å². The summed E-state index contributed by atoms with van der Waals surface area (Å²) in [5.74, 6) is 1.43. The van der Waals surface area contributed by atoms with Gasteiger partial charge in [-0.05, 0) is 74.5 Å². The zero-order chi connectivity index (χ0) is 23.2. The third kappa shape index (κ3) is 5.64. The second-order valence-corrected chi connectivity index (χ2v) is 8.21. The molecule has 1 saturated heterocycles. The molecule has 1 fully saturated rings. The van der Waals surface area contributed by atoms with E-state index in [1.54, 1.807) is 43.4 Å². The van der Waals surface area contributed by atoms with Gasteiger partial charge in [0.15, 0.2) is 0 Å². The van der Waals surface area contributed by atoms with E-state index in [2.05, 4.69) is 15.2 Å². The van der Waals surface area contributed by atoms with Gasteiger partial charge in [-0.2, -0.15) is 0 Å². The molecule has 0 radical (unpaired) electrons. The first-order valence-electron chi connectivity index (χ1n) is 11.2. The van der Waals surface area contributed by atoms with Crippen molar-refractivity contribution in [1.29, 1.82) is 0 Å². The normalized spacial score (nSPS) is 13.8. The highest BCUT2D eigenvalue weighted by atomic mass is 16.5. The lowest BCUT2D eigenvalue weighted by Crippen LogP contribution is -2.41. The Morgan fingerprint density at radius 2 is 1.73 bits per heavy atom. The topological polar surface area (TPSA) is 86.9 Å². The number of aromatic amines is 1. The van der Waals surface area contributed by atoms with E-state index in [0.29, 0.717) is 23.5 Å². The first-order valence-corrected chi connectivity index (χ1v) is 11.2. The minimum absolute atomic E-state index is 0.198. The van der Waals surface area contributed by atoms with E-state index in [9.17, 15) is 9.59 Å². The monoisotopic (exact) mass is 450 g/mol. The molecule has 0 atom stereocenters. The summed E-state index contributed by atoms with van der Waals surface area (Å²) in [5, 5.41) is 3.80. The van der Waals surface area contributed by atoms with Crippen LogP contribution >= 0.6 is 0 Å². The minimum Gasteiger partial charge on any atom is -0.497 e. The summed E-state index contributed by atoms with van der Waals surface area (Å²) < 4.78 is 10.5. The summed E-state index contributed by atoms with van der Waals surface area (Å²) in [6, 6.07) is 14.3. The first kappa shape index (κ1) is 22.7. The second-order valence-electron chi connectivity index (χ2n) is 8.21. The number of H-pyrrole nitrogens is 1. The van der Waals surface area contributed by atoms with E-state index >= 15 is 0 Å². The second kappa shape index (κ2) is 10.4. The van der Waals surface area contributed by atoms with Crippen molar-refractivity contribution in [1.82, 2.24) is 14.8 Å². The number of fused-ring (bicyclic) bond motifs is 1. The summed E-state index contributed by atoms with van der Waals surface area (Å²) >= 11 is 0. The van der Waals surface area contributed by atoms with Crippen LogP contribution < -0.4 is 20.3 Å². The van der Waals surface area contributed by atoms with Crippen molar-refractivity contribution in [2.45, 2.75) is 19.4 Å². The fourth-order valence-corrected chi connectivity index (χ4v) is 4.08. The van der Waals surface area contributed by atoms with Crippen LogP contribution in [0.2, 0.25) is 0 Å². The van der Waals surface area contributed by atoms with Gasteiger partial charge in [0.05, 0.1) is 20.8 Å². The number of hydrogen-bond acceptors (Lipinski definition) is 5.